The summed E-state index contributed by atoms with van der Waals surface area (Å²) >= 11 is 0. The summed E-state index contributed by atoms with van der Waals surface area (Å²) in [7, 11) is 3.75. The van der Waals surface area contributed by atoms with Crippen LogP contribution in [0.3, 0.4) is 0 Å². The summed E-state index contributed by atoms with van der Waals surface area (Å²) < 4.78 is 4.19. The van der Waals surface area contributed by atoms with Crippen LogP contribution >= 0.6 is 0 Å². The van der Waals surface area contributed by atoms with E-state index in [-0.39, 0.29) is 0 Å². The van der Waals surface area contributed by atoms with Crippen molar-refractivity contribution in [2.24, 2.45) is 4.99 Å². The molecule has 0 fully saturated rings. The van der Waals surface area contributed by atoms with E-state index in [1.54, 1.807) is 0 Å². The average molecular weight is 130 g/mol. The topological polar surface area (TPSA) is 41.9 Å². The van der Waals surface area contributed by atoms with Crippen LogP contribution in [0.4, 0.5) is 0 Å². The van der Waals surface area contributed by atoms with Crippen molar-refractivity contribution in [3.63, 3.8) is 0 Å². The second-order valence-corrected chi connectivity index (χ2v) is 1.74. The second-order valence-electron chi connectivity index (χ2n) is 1.74. The Morgan fingerprint density at radius 1 is 1.67 bits per heavy atom. The third-order valence-corrected chi connectivity index (χ3v) is 0.555. The fraction of sp³-hybridized carbons (Fsp3) is 0.600. The summed E-state index contributed by atoms with van der Waals surface area (Å²) in [5, 5.41) is 0. The van der Waals surface area contributed by atoms with Crippen molar-refractivity contribution in [2.45, 2.75) is 0 Å². The molecule has 0 spiro atoms. The SMILES string of the molecule is CN(C)CN=COC=O. The number of nitrogens with zero attached hydrogens (tertiary/aromatic N) is 2. The van der Waals surface area contributed by atoms with Gasteiger partial charge in [-0.1, -0.05) is 0 Å². The molecular formula is C5H10N2O2. The Kier molecular flexibility index (Phi) is 4.72. The highest BCUT2D eigenvalue weighted by atomic mass is 16.5. The van der Waals surface area contributed by atoms with Crippen molar-refractivity contribution in [2.75, 3.05) is 20.8 Å². The summed E-state index contributed by atoms with van der Waals surface area (Å²) in [5.74, 6) is 0. The summed E-state index contributed by atoms with van der Waals surface area (Å²) in [5.41, 5.74) is 0. The van der Waals surface area contributed by atoms with Gasteiger partial charge in [0.2, 0.25) is 0 Å². The first-order valence-corrected chi connectivity index (χ1v) is 2.49. The highest BCUT2D eigenvalue weighted by Gasteiger charge is 1.80. The predicted octanol–water partition coefficient (Wildman–Crippen LogP) is -0.293. The highest BCUT2D eigenvalue weighted by molar-refractivity contribution is 5.59. The van der Waals surface area contributed by atoms with Crippen molar-refractivity contribution in [1.82, 2.24) is 4.90 Å². The third-order valence-electron chi connectivity index (χ3n) is 0.555. The van der Waals surface area contributed by atoms with Crippen LogP contribution in [0.5, 0.6) is 0 Å². The molecule has 0 bridgehead atoms. The molecule has 0 radical (unpaired) electrons. The van der Waals surface area contributed by atoms with Gasteiger partial charge in [-0.3, -0.25) is 9.69 Å². The molecule has 0 aromatic carbocycles. The molecule has 0 aromatic rings. The summed E-state index contributed by atoms with van der Waals surface area (Å²) in [6.07, 6.45) is 1.12. The fourth-order valence-electron chi connectivity index (χ4n) is 0.265. The number of carbonyl (C=O) groups is 1. The van der Waals surface area contributed by atoms with E-state index in [9.17, 15) is 4.79 Å². The molecule has 0 saturated heterocycles. The lowest BCUT2D eigenvalue weighted by Crippen LogP contribution is -2.10. The molecule has 4 heteroatoms. The lowest BCUT2D eigenvalue weighted by Gasteiger charge is -2.01. The smallest absolute Gasteiger partial charge is 0.299 e. The van der Waals surface area contributed by atoms with Crippen LogP contribution < -0.4 is 0 Å². The van der Waals surface area contributed by atoms with Gasteiger partial charge in [-0.05, 0) is 14.1 Å². The minimum Gasteiger partial charge on any atom is -0.417 e. The lowest BCUT2D eigenvalue weighted by atomic mass is 10.9. The lowest BCUT2D eigenvalue weighted by molar-refractivity contribution is -0.121. The van der Waals surface area contributed by atoms with Crippen molar-refractivity contribution in [3.8, 4) is 0 Å². The minimum absolute atomic E-state index is 0.332. The monoisotopic (exact) mass is 130 g/mol. The summed E-state index contributed by atoms with van der Waals surface area (Å²) in [6, 6.07) is 0. The van der Waals surface area contributed by atoms with Gasteiger partial charge in [0.25, 0.3) is 6.47 Å². The predicted molar refractivity (Wildman–Crippen MR) is 34.2 cm³/mol. The highest BCUT2D eigenvalue weighted by Crippen LogP contribution is 1.72. The first-order valence-electron chi connectivity index (χ1n) is 2.49. The standard InChI is InChI=1S/C5H10N2O2/c1-7(2)3-6-4-9-5-8/h4-5H,3H2,1-2H3. The van der Waals surface area contributed by atoms with Crippen LogP contribution in [0.2, 0.25) is 0 Å². The van der Waals surface area contributed by atoms with E-state index in [2.05, 4.69) is 9.73 Å². The van der Waals surface area contributed by atoms with Crippen LogP contribution in [0.1, 0.15) is 0 Å². The maximum Gasteiger partial charge on any atom is 0.299 e. The van der Waals surface area contributed by atoms with Crippen LogP contribution in [0.15, 0.2) is 4.99 Å². The van der Waals surface area contributed by atoms with E-state index in [0.717, 1.165) is 6.40 Å². The molecule has 0 saturated carbocycles. The first-order chi connectivity index (χ1) is 4.27. The van der Waals surface area contributed by atoms with Gasteiger partial charge in [-0.2, -0.15) is 0 Å². The first kappa shape index (κ1) is 8.10. The van der Waals surface area contributed by atoms with E-state index in [1.165, 1.54) is 0 Å². The van der Waals surface area contributed by atoms with Gasteiger partial charge >= 0.3 is 0 Å². The average Bonchev–Trinajstić information content (AvgIpc) is 1.80. The molecule has 0 aromatic heterocycles. The molecular weight excluding hydrogens is 120 g/mol. The van der Waals surface area contributed by atoms with Gasteiger partial charge in [0, 0.05) is 0 Å². The maximum absolute atomic E-state index is 9.52. The molecule has 0 atom stereocenters. The largest absolute Gasteiger partial charge is 0.417 e. The van der Waals surface area contributed by atoms with Gasteiger partial charge < -0.3 is 4.74 Å². The van der Waals surface area contributed by atoms with Crippen molar-refractivity contribution < 1.29 is 9.53 Å². The van der Waals surface area contributed by atoms with E-state index in [4.69, 9.17) is 0 Å². The van der Waals surface area contributed by atoms with E-state index in [1.807, 2.05) is 19.0 Å². The Balaban J connectivity index is 3.14. The summed E-state index contributed by atoms with van der Waals surface area (Å²) in [4.78, 5) is 15.1. The molecule has 4 nitrogen and oxygen atoms in total. The Labute approximate surface area is 54.1 Å². The van der Waals surface area contributed by atoms with Gasteiger partial charge in [-0.15, -0.1) is 0 Å². The van der Waals surface area contributed by atoms with Crippen molar-refractivity contribution >= 4 is 12.9 Å². The molecule has 0 unspecified atom stereocenters. The zero-order valence-corrected chi connectivity index (χ0v) is 5.57. The third kappa shape index (κ3) is 7.10. The Bertz CT molecular complexity index is 101. The molecule has 52 valence electrons. The maximum atomic E-state index is 9.52. The normalized spacial score (nSPS) is 10.6. The molecule has 9 heavy (non-hydrogen) atoms. The molecule has 0 amide bonds. The van der Waals surface area contributed by atoms with Crippen molar-refractivity contribution in [1.29, 1.82) is 0 Å². The van der Waals surface area contributed by atoms with Gasteiger partial charge in [0.1, 0.15) is 0 Å². The van der Waals surface area contributed by atoms with Gasteiger partial charge in [0.05, 0.1) is 6.67 Å². The summed E-state index contributed by atoms with van der Waals surface area (Å²) in [6.45, 7) is 0.868. The van der Waals surface area contributed by atoms with Crippen LogP contribution in [-0.4, -0.2) is 38.5 Å². The van der Waals surface area contributed by atoms with Crippen LogP contribution in [-0.2, 0) is 9.53 Å². The minimum atomic E-state index is 0.332. The van der Waals surface area contributed by atoms with Crippen LogP contribution in [0.25, 0.3) is 0 Å². The second kappa shape index (κ2) is 5.24. The fourth-order valence-corrected chi connectivity index (χ4v) is 0.265. The molecule has 0 aliphatic heterocycles. The molecule has 0 N–H and O–H groups in total. The van der Waals surface area contributed by atoms with E-state index in [0.29, 0.717) is 13.1 Å². The number of carbonyl (C=O) groups excluding carboxylic acids is 1. The quantitative estimate of drug-likeness (QED) is 0.298. The number of rotatable bonds is 4. The van der Waals surface area contributed by atoms with E-state index >= 15 is 0 Å². The van der Waals surface area contributed by atoms with Gasteiger partial charge in [0.15, 0.2) is 6.40 Å². The number of hydrogen-bond acceptors (Lipinski definition) is 4. The molecule has 0 aliphatic rings. The van der Waals surface area contributed by atoms with E-state index < -0.39 is 0 Å². The number of ether oxygens (including phenoxy) is 1. The Morgan fingerprint density at radius 2 is 2.33 bits per heavy atom. The van der Waals surface area contributed by atoms with Crippen molar-refractivity contribution in [3.05, 3.63) is 0 Å². The Morgan fingerprint density at radius 3 is 2.78 bits per heavy atom. The zero-order valence-electron chi connectivity index (χ0n) is 5.57. The molecule has 0 rings (SSSR count). The Hall–Kier alpha value is -0.900. The molecule has 0 heterocycles. The van der Waals surface area contributed by atoms with Gasteiger partial charge in [-0.25, -0.2) is 4.99 Å². The number of aliphatic imine (C=N–C) groups is 1. The molecule has 0 aliphatic carbocycles. The zero-order chi connectivity index (χ0) is 7.11. The number of hydrogen-bond donors (Lipinski definition) is 0. The van der Waals surface area contributed by atoms with Crippen LogP contribution in [0, 0.1) is 0 Å².